The zero-order valence-electron chi connectivity index (χ0n) is 12.3. The maximum absolute atomic E-state index is 13.3. The van der Waals surface area contributed by atoms with Gasteiger partial charge in [0.15, 0.2) is 11.5 Å². The Morgan fingerprint density at radius 1 is 1.04 bits per heavy atom. The van der Waals surface area contributed by atoms with Crippen LogP contribution in [0.15, 0.2) is 36.4 Å². The summed E-state index contributed by atoms with van der Waals surface area (Å²) < 4.78 is 68.1. The Labute approximate surface area is 137 Å². The fourth-order valence-electron chi connectivity index (χ4n) is 2.50. The van der Waals surface area contributed by atoms with Crippen molar-refractivity contribution < 1.29 is 26.7 Å². The van der Waals surface area contributed by atoms with Crippen LogP contribution in [0.1, 0.15) is 18.2 Å². The van der Waals surface area contributed by atoms with Gasteiger partial charge in [-0.3, -0.25) is 0 Å². The van der Waals surface area contributed by atoms with Crippen LogP contribution in [0.4, 0.5) is 22.0 Å². The van der Waals surface area contributed by atoms with Gasteiger partial charge in [0.05, 0.1) is 11.6 Å². The van der Waals surface area contributed by atoms with Gasteiger partial charge in [-0.1, -0.05) is 0 Å². The van der Waals surface area contributed by atoms with Crippen molar-refractivity contribution in [1.82, 2.24) is 19.8 Å². The van der Waals surface area contributed by atoms with Crippen molar-refractivity contribution in [3.8, 4) is 17.0 Å². The number of hydrogen-bond acceptors (Lipinski definition) is 4. The Hall–Kier alpha value is -2.78. The molecular weight excluding hydrogens is 347 g/mol. The number of fused-ring (bicyclic) bond motifs is 1. The van der Waals surface area contributed by atoms with E-state index in [-0.39, 0.29) is 18.0 Å². The van der Waals surface area contributed by atoms with E-state index in [1.807, 2.05) is 0 Å². The molecule has 1 atom stereocenters. The Morgan fingerprint density at radius 3 is 2.32 bits per heavy atom. The lowest BCUT2D eigenvalue weighted by Gasteiger charge is -2.09. The first-order valence-corrected chi connectivity index (χ1v) is 7.19. The van der Waals surface area contributed by atoms with Crippen LogP contribution in [-0.4, -0.2) is 32.1 Å². The molecule has 2 heterocycles. The van der Waals surface area contributed by atoms with Crippen LogP contribution in [0.5, 0.6) is 5.75 Å². The maximum atomic E-state index is 13.3. The number of ether oxygens (including phenoxy) is 1. The van der Waals surface area contributed by atoms with E-state index >= 15 is 0 Å². The summed E-state index contributed by atoms with van der Waals surface area (Å²) in [6.45, 7) is 0. The maximum Gasteiger partial charge on any atom is 0.573 e. The first-order chi connectivity index (χ1) is 11.7. The fraction of sp³-hybridized carbons (Fsp3) is 0.267. The first-order valence-electron chi connectivity index (χ1n) is 7.19. The van der Waals surface area contributed by atoms with Gasteiger partial charge in [0.1, 0.15) is 5.75 Å². The zero-order chi connectivity index (χ0) is 17.8. The fourth-order valence-corrected chi connectivity index (χ4v) is 2.50. The largest absolute Gasteiger partial charge is 0.573 e. The lowest BCUT2D eigenvalue weighted by Crippen LogP contribution is -2.16. The first kappa shape index (κ1) is 15.7. The van der Waals surface area contributed by atoms with Crippen LogP contribution in [0.25, 0.3) is 16.9 Å². The third-order valence-electron chi connectivity index (χ3n) is 3.81. The molecular formula is C15H9F5N4O. The van der Waals surface area contributed by atoms with Crippen molar-refractivity contribution in [2.75, 3.05) is 0 Å². The number of rotatable bonds is 3. The van der Waals surface area contributed by atoms with E-state index < -0.39 is 18.2 Å². The standard InChI is InChI=1S/C15H9F5N4O/c16-14(17)7-10(14)13-22-21-12-6-5-11(23-24(12)13)8-1-3-9(4-2-8)25-15(18,19)20/h1-6,10H,7H2/t10-/m0/s1. The summed E-state index contributed by atoms with van der Waals surface area (Å²) in [6, 6.07) is 8.22. The number of aromatic nitrogens is 4. The van der Waals surface area contributed by atoms with Crippen molar-refractivity contribution in [2.24, 2.45) is 0 Å². The third-order valence-corrected chi connectivity index (χ3v) is 3.81. The molecule has 2 aromatic heterocycles. The molecule has 3 aromatic rings. The minimum atomic E-state index is -4.77. The van der Waals surface area contributed by atoms with Gasteiger partial charge < -0.3 is 4.74 Å². The predicted octanol–water partition coefficient (Wildman–Crippen LogP) is 3.81. The molecule has 0 bridgehead atoms. The molecule has 25 heavy (non-hydrogen) atoms. The summed E-state index contributed by atoms with van der Waals surface area (Å²) >= 11 is 0. The molecule has 0 spiro atoms. The van der Waals surface area contributed by atoms with Gasteiger partial charge in [-0.15, -0.1) is 23.4 Å². The molecule has 5 nitrogen and oxygen atoms in total. The summed E-state index contributed by atoms with van der Waals surface area (Å²) in [6.07, 6.45) is -5.07. The molecule has 1 saturated carbocycles. The Balaban J connectivity index is 1.66. The van der Waals surface area contributed by atoms with Crippen molar-refractivity contribution in [1.29, 1.82) is 0 Å². The van der Waals surface area contributed by atoms with E-state index in [4.69, 9.17) is 0 Å². The van der Waals surface area contributed by atoms with E-state index in [0.717, 1.165) is 12.1 Å². The second-order valence-corrected chi connectivity index (χ2v) is 5.64. The van der Waals surface area contributed by atoms with E-state index in [1.54, 1.807) is 12.1 Å². The quantitative estimate of drug-likeness (QED) is 0.670. The normalized spacial score (nSPS) is 19.2. The number of nitrogens with zero attached hydrogens (tertiary/aromatic N) is 4. The molecule has 130 valence electrons. The van der Waals surface area contributed by atoms with Crippen LogP contribution < -0.4 is 4.74 Å². The van der Waals surface area contributed by atoms with E-state index in [1.165, 1.54) is 16.6 Å². The van der Waals surface area contributed by atoms with Crippen LogP contribution >= 0.6 is 0 Å². The summed E-state index contributed by atoms with van der Waals surface area (Å²) in [5.41, 5.74) is 1.20. The highest BCUT2D eigenvalue weighted by molar-refractivity contribution is 5.61. The predicted molar refractivity (Wildman–Crippen MR) is 75.2 cm³/mol. The molecule has 0 saturated heterocycles. The number of halogens is 5. The average molecular weight is 356 g/mol. The highest BCUT2D eigenvalue weighted by atomic mass is 19.4. The van der Waals surface area contributed by atoms with Gasteiger partial charge in [0, 0.05) is 12.0 Å². The SMILES string of the molecule is FC(F)(F)Oc1ccc(-c2ccc3nnc([C@@H]4CC4(F)F)n3n2)cc1. The second kappa shape index (κ2) is 5.11. The van der Waals surface area contributed by atoms with Gasteiger partial charge in [-0.25, -0.2) is 8.78 Å². The Bertz CT molecular complexity index is 935. The zero-order valence-corrected chi connectivity index (χ0v) is 12.3. The molecule has 1 aromatic carbocycles. The minimum Gasteiger partial charge on any atom is -0.406 e. The van der Waals surface area contributed by atoms with Gasteiger partial charge in [-0.2, -0.15) is 9.61 Å². The van der Waals surface area contributed by atoms with Crippen LogP contribution in [0.3, 0.4) is 0 Å². The van der Waals surface area contributed by atoms with Crippen LogP contribution in [0.2, 0.25) is 0 Å². The van der Waals surface area contributed by atoms with Crippen molar-refractivity contribution in [2.45, 2.75) is 24.6 Å². The molecule has 0 amide bonds. The summed E-state index contributed by atoms with van der Waals surface area (Å²) in [7, 11) is 0. The Kier molecular flexibility index (Phi) is 3.21. The molecule has 10 heteroatoms. The highest BCUT2D eigenvalue weighted by Crippen LogP contribution is 2.54. The van der Waals surface area contributed by atoms with Gasteiger partial charge >= 0.3 is 6.36 Å². The van der Waals surface area contributed by atoms with E-state index in [2.05, 4.69) is 20.0 Å². The summed E-state index contributed by atoms with van der Waals surface area (Å²) in [5, 5.41) is 11.8. The van der Waals surface area contributed by atoms with Crippen LogP contribution in [-0.2, 0) is 0 Å². The lowest BCUT2D eigenvalue weighted by atomic mass is 10.1. The molecule has 4 rings (SSSR count). The minimum absolute atomic E-state index is 0.0684. The Morgan fingerprint density at radius 2 is 1.72 bits per heavy atom. The molecule has 0 N–H and O–H groups in total. The third kappa shape index (κ3) is 2.99. The van der Waals surface area contributed by atoms with Gasteiger partial charge in [0.25, 0.3) is 5.92 Å². The molecule has 1 fully saturated rings. The molecule has 0 unspecified atom stereocenters. The molecule has 1 aliphatic carbocycles. The highest BCUT2D eigenvalue weighted by Gasteiger charge is 2.60. The summed E-state index contributed by atoms with van der Waals surface area (Å²) in [4.78, 5) is 0. The number of hydrogen-bond donors (Lipinski definition) is 0. The molecule has 0 radical (unpaired) electrons. The topological polar surface area (TPSA) is 52.3 Å². The van der Waals surface area contributed by atoms with Gasteiger partial charge in [-0.05, 0) is 36.4 Å². The second-order valence-electron chi connectivity index (χ2n) is 5.64. The smallest absolute Gasteiger partial charge is 0.406 e. The van der Waals surface area contributed by atoms with Crippen LogP contribution in [0, 0.1) is 0 Å². The van der Waals surface area contributed by atoms with Crippen molar-refractivity contribution in [3.05, 3.63) is 42.2 Å². The van der Waals surface area contributed by atoms with Gasteiger partial charge in [0.2, 0.25) is 0 Å². The van der Waals surface area contributed by atoms with Crippen molar-refractivity contribution in [3.63, 3.8) is 0 Å². The van der Waals surface area contributed by atoms with Crippen molar-refractivity contribution >= 4 is 5.65 Å². The lowest BCUT2D eigenvalue weighted by molar-refractivity contribution is -0.274. The monoisotopic (exact) mass is 356 g/mol. The van der Waals surface area contributed by atoms with E-state index in [9.17, 15) is 22.0 Å². The number of benzene rings is 1. The summed E-state index contributed by atoms with van der Waals surface area (Å²) in [5.74, 6) is -4.12. The average Bonchev–Trinajstić information content (AvgIpc) is 2.98. The van der Waals surface area contributed by atoms with E-state index in [0.29, 0.717) is 16.9 Å². The molecule has 1 aliphatic rings. The molecule has 0 aliphatic heterocycles. The number of alkyl halides is 5.